The molecule has 2 rings (SSSR count). The van der Waals surface area contributed by atoms with Crippen molar-refractivity contribution < 1.29 is 9.13 Å². The molecule has 0 aromatic carbocycles. The minimum absolute atomic E-state index is 0.0269. The fraction of sp³-hybridized carbons (Fsp3) is 0.667. The third-order valence-corrected chi connectivity index (χ3v) is 3.25. The topological polar surface area (TPSA) is 73.1 Å². The number of hydrogen-bond donors (Lipinski definition) is 2. The number of nitrogens with zero attached hydrogens (tertiary/aromatic N) is 2. The monoisotopic (exact) mass is 254 g/mol. The van der Waals surface area contributed by atoms with Crippen molar-refractivity contribution in [2.24, 2.45) is 5.73 Å². The summed E-state index contributed by atoms with van der Waals surface area (Å²) in [6.45, 7) is 4.41. The summed E-state index contributed by atoms with van der Waals surface area (Å²) in [7, 11) is 0. The SMILES string of the molecule is CCOC1CC(N)C1Nc1ncnc(CC)c1F. The molecule has 1 fully saturated rings. The third kappa shape index (κ3) is 2.44. The van der Waals surface area contributed by atoms with Gasteiger partial charge in [0, 0.05) is 12.6 Å². The molecule has 5 nitrogen and oxygen atoms in total. The molecule has 1 aliphatic rings. The molecule has 1 saturated carbocycles. The Balaban J connectivity index is 2.09. The average molecular weight is 254 g/mol. The van der Waals surface area contributed by atoms with E-state index in [4.69, 9.17) is 10.5 Å². The number of halogens is 1. The Hall–Kier alpha value is -1.27. The van der Waals surface area contributed by atoms with Crippen LogP contribution in [-0.2, 0) is 11.2 Å². The van der Waals surface area contributed by atoms with E-state index in [-0.39, 0.29) is 24.0 Å². The van der Waals surface area contributed by atoms with E-state index in [1.54, 1.807) is 0 Å². The lowest BCUT2D eigenvalue weighted by Gasteiger charge is -2.42. The van der Waals surface area contributed by atoms with Crippen LogP contribution in [0.4, 0.5) is 10.2 Å². The molecule has 3 atom stereocenters. The zero-order chi connectivity index (χ0) is 13.1. The molecule has 1 heterocycles. The van der Waals surface area contributed by atoms with Crippen LogP contribution in [0.15, 0.2) is 6.33 Å². The predicted octanol–water partition coefficient (Wildman–Crippen LogP) is 1.09. The molecule has 100 valence electrons. The Morgan fingerprint density at radius 1 is 1.50 bits per heavy atom. The highest BCUT2D eigenvalue weighted by molar-refractivity contribution is 5.40. The average Bonchev–Trinajstić information content (AvgIpc) is 2.37. The summed E-state index contributed by atoms with van der Waals surface area (Å²) in [5.41, 5.74) is 6.31. The quantitative estimate of drug-likeness (QED) is 0.823. The van der Waals surface area contributed by atoms with E-state index in [2.05, 4.69) is 15.3 Å². The number of nitrogens with two attached hydrogens (primary N) is 1. The first-order valence-corrected chi connectivity index (χ1v) is 6.30. The lowest BCUT2D eigenvalue weighted by molar-refractivity contribution is -0.0128. The normalized spacial score (nSPS) is 26.8. The molecular formula is C12H19FN4O. The molecular weight excluding hydrogens is 235 g/mol. The highest BCUT2D eigenvalue weighted by Gasteiger charge is 2.40. The second-order valence-electron chi connectivity index (χ2n) is 4.40. The maximum atomic E-state index is 14.0. The van der Waals surface area contributed by atoms with Crippen LogP contribution in [0.5, 0.6) is 0 Å². The van der Waals surface area contributed by atoms with Gasteiger partial charge in [-0.15, -0.1) is 0 Å². The molecule has 1 aromatic rings. The molecule has 0 aliphatic heterocycles. The summed E-state index contributed by atoms with van der Waals surface area (Å²) in [5.74, 6) is -0.180. The minimum atomic E-state index is -0.394. The summed E-state index contributed by atoms with van der Waals surface area (Å²) in [6, 6.07) is -0.111. The van der Waals surface area contributed by atoms with Crippen LogP contribution in [0.25, 0.3) is 0 Å². The van der Waals surface area contributed by atoms with Gasteiger partial charge in [-0.3, -0.25) is 0 Å². The zero-order valence-electron chi connectivity index (χ0n) is 10.7. The first-order valence-electron chi connectivity index (χ1n) is 6.30. The molecule has 0 radical (unpaired) electrons. The second kappa shape index (κ2) is 5.58. The van der Waals surface area contributed by atoms with Gasteiger partial charge in [0.25, 0.3) is 0 Å². The van der Waals surface area contributed by atoms with Crippen LogP contribution < -0.4 is 11.1 Å². The highest BCUT2D eigenvalue weighted by Crippen LogP contribution is 2.26. The van der Waals surface area contributed by atoms with Gasteiger partial charge in [0.15, 0.2) is 11.6 Å². The molecule has 0 amide bonds. The molecule has 0 saturated heterocycles. The number of aryl methyl sites for hydroxylation is 1. The molecule has 0 spiro atoms. The van der Waals surface area contributed by atoms with Crippen LogP contribution in [-0.4, -0.2) is 34.8 Å². The largest absolute Gasteiger partial charge is 0.376 e. The van der Waals surface area contributed by atoms with Gasteiger partial charge < -0.3 is 15.8 Å². The van der Waals surface area contributed by atoms with Gasteiger partial charge in [-0.25, -0.2) is 14.4 Å². The summed E-state index contributed by atoms with van der Waals surface area (Å²) in [4.78, 5) is 7.82. The van der Waals surface area contributed by atoms with Gasteiger partial charge in [0.1, 0.15) is 6.33 Å². The van der Waals surface area contributed by atoms with Crippen molar-refractivity contribution >= 4 is 5.82 Å². The van der Waals surface area contributed by atoms with Crippen molar-refractivity contribution in [3.63, 3.8) is 0 Å². The number of rotatable bonds is 5. The van der Waals surface area contributed by atoms with Crippen molar-refractivity contribution in [2.45, 2.75) is 44.9 Å². The van der Waals surface area contributed by atoms with E-state index in [1.165, 1.54) is 6.33 Å². The maximum Gasteiger partial charge on any atom is 0.186 e. The number of aromatic nitrogens is 2. The van der Waals surface area contributed by atoms with Crippen LogP contribution in [0.3, 0.4) is 0 Å². The van der Waals surface area contributed by atoms with E-state index in [9.17, 15) is 4.39 Å². The van der Waals surface area contributed by atoms with E-state index < -0.39 is 5.82 Å². The predicted molar refractivity (Wildman–Crippen MR) is 66.8 cm³/mol. The van der Waals surface area contributed by atoms with Crippen molar-refractivity contribution in [1.82, 2.24) is 9.97 Å². The van der Waals surface area contributed by atoms with E-state index in [1.807, 2.05) is 13.8 Å². The van der Waals surface area contributed by atoms with E-state index in [0.29, 0.717) is 18.7 Å². The van der Waals surface area contributed by atoms with Gasteiger partial charge in [-0.1, -0.05) is 6.92 Å². The van der Waals surface area contributed by atoms with E-state index in [0.717, 1.165) is 6.42 Å². The summed E-state index contributed by atoms with van der Waals surface area (Å²) < 4.78 is 19.5. The van der Waals surface area contributed by atoms with E-state index >= 15 is 0 Å². The Labute approximate surface area is 106 Å². The number of hydrogen-bond acceptors (Lipinski definition) is 5. The smallest absolute Gasteiger partial charge is 0.186 e. The third-order valence-electron chi connectivity index (χ3n) is 3.25. The zero-order valence-corrected chi connectivity index (χ0v) is 10.7. The first-order chi connectivity index (χ1) is 8.67. The molecule has 0 bridgehead atoms. The molecule has 1 aliphatic carbocycles. The molecule has 18 heavy (non-hydrogen) atoms. The molecule has 1 aromatic heterocycles. The summed E-state index contributed by atoms with van der Waals surface area (Å²) in [6.07, 6.45) is 2.72. The maximum absolute atomic E-state index is 14.0. The van der Waals surface area contributed by atoms with Crippen molar-refractivity contribution in [3.05, 3.63) is 17.8 Å². The number of nitrogens with one attached hydrogen (secondary N) is 1. The Morgan fingerprint density at radius 3 is 2.89 bits per heavy atom. The second-order valence-corrected chi connectivity index (χ2v) is 4.40. The van der Waals surface area contributed by atoms with Crippen molar-refractivity contribution in [2.75, 3.05) is 11.9 Å². The minimum Gasteiger partial charge on any atom is -0.376 e. The fourth-order valence-electron chi connectivity index (χ4n) is 2.14. The lowest BCUT2D eigenvalue weighted by Crippen LogP contribution is -2.60. The number of anilines is 1. The highest BCUT2D eigenvalue weighted by atomic mass is 19.1. The molecule has 3 unspecified atom stereocenters. The lowest BCUT2D eigenvalue weighted by atomic mass is 9.83. The van der Waals surface area contributed by atoms with Crippen molar-refractivity contribution in [1.29, 1.82) is 0 Å². The Morgan fingerprint density at radius 2 is 2.28 bits per heavy atom. The van der Waals surface area contributed by atoms with Crippen LogP contribution in [0.1, 0.15) is 26.0 Å². The van der Waals surface area contributed by atoms with Gasteiger partial charge in [-0.2, -0.15) is 0 Å². The summed E-state index contributed by atoms with van der Waals surface area (Å²) in [5, 5.41) is 3.03. The van der Waals surface area contributed by atoms with Gasteiger partial charge >= 0.3 is 0 Å². The van der Waals surface area contributed by atoms with Crippen molar-refractivity contribution in [3.8, 4) is 0 Å². The summed E-state index contributed by atoms with van der Waals surface area (Å²) >= 11 is 0. The first kappa shape index (κ1) is 13.2. The van der Waals surface area contributed by atoms with Gasteiger partial charge in [0.2, 0.25) is 0 Å². The van der Waals surface area contributed by atoms with Crippen LogP contribution in [0.2, 0.25) is 0 Å². The van der Waals surface area contributed by atoms with Crippen LogP contribution >= 0.6 is 0 Å². The molecule has 3 N–H and O–H groups in total. The fourth-order valence-corrected chi connectivity index (χ4v) is 2.14. The van der Waals surface area contributed by atoms with Crippen LogP contribution in [0, 0.1) is 5.82 Å². The van der Waals surface area contributed by atoms with Gasteiger partial charge in [0.05, 0.1) is 17.8 Å². The standard InChI is InChI=1S/C12H19FN4O/c1-3-8-10(13)12(16-6-15-8)17-11-7(14)5-9(11)18-4-2/h6-7,9,11H,3-5,14H2,1-2H3,(H,15,16,17). The molecule has 6 heteroatoms. The Kier molecular flexibility index (Phi) is 4.08. The Bertz CT molecular complexity index is 413. The van der Waals surface area contributed by atoms with Gasteiger partial charge in [-0.05, 0) is 19.8 Å². The number of ether oxygens (including phenoxy) is 1.